The number of rotatable bonds is 7. The maximum absolute atomic E-state index is 13.7. The molecule has 2 aromatic heterocycles. The molecule has 0 radical (unpaired) electrons. The topological polar surface area (TPSA) is 82.1 Å². The lowest BCUT2D eigenvalue weighted by molar-refractivity contribution is 0.00434. The van der Waals surface area contributed by atoms with Gasteiger partial charge < -0.3 is 11.1 Å². The molecule has 2 aliphatic carbocycles. The molecule has 3 N–H and O–H groups in total. The number of nitrogens with one attached hydrogen (secondary N) is 1. The molecule has 0 aromatic carbocycles. The van der Waals surface area contributed by atoms with Crippen molar-refractivity contribution in [3.05, 3.63) is 31.3 Å². The van der Waals surface area contributed by atoms with Crippen molar-refractivity contribution < 1.29 is 8.78 Å². The summed E-state index contributed by atoms with van der Waals surface area (Å²) >= 11 is 1.41. The molecule has 2 aliphatic rings. The van der Waals surface area contributed by atoms with E-state index in [1.165, 1.54) is 15.9 Å². The van der Waals surface area contributed by atoms with Crippen LogP contribution in [0.4, 0.5) is 8.78 Å². The number of alkyl halides is 2. The van der Waals surface area contributed by atoms with Crippen molar-refractivity contribution in [2.45, 2.75) is 64.1 Å². The summed E-state index contributed by atoms with van der Waals surface area (Å²) in [5.41, 5.74) is 5.81. The first kappa shape index (κ1) is 19.7. The van der Waals surface area contributed by atoms with Crippen molar-refractivity contribution in [3.63, 3.8) is 0 Å². The molecule has 4 rings (SSSR count). The van der Waals surface area contributed by atoms with Crippen molar-refractivity contribution in [1.82, 2.24) is 14.5 Å². The minimum Gasteiger partial charge on any atom is -0.329 e. The van der Waals surface area contributed by atoms with Crippen LogP contribution in [-0.2, 0) is 13.1 Å². The average Bonchev–Trinajstić information content (AvgIpc) is 3.32. The Bertz CT molecular complexity index is 1010. The van der Waals surface area contributed by atoms with Crippen LogP contribution >= 0.6 is 11.3 Å². The molecule has 1 atom stereocenters. The number of hydrogen-bond donors (Lipinski definition) is 2. The normalized spacial score (nSPS) is 21.6. The van der Waals surface area contributed by atoms with Crippen molar-refractivity contribution in [2.75, 3.05) is 13.1 Å². The van der Waals surface area contributed by atoms with E-state index in [1.807, 2.05) is 6.92 Å². The van der Waals surface area contributed by atoms with Crippen LogP contribution in [-0.4, -0.2) is 28.1 Å². The molecule has 1 unspecified atom stereocenters. The van der Waals surface area contributed by atoms with Gasteiger partial charge in [-0.25, -0.2) is 13.6 Å². The van der Waals surface area contributed by atoms with Crippen LogP contribution in [0.2, 0.25) is 0 Å². The van der Waals surface area contributed by atoms with Crippen LogP contribution in [0.15, 0.2) is 9.59 Å². The second-order valence-corrected chi connectivity index (χ2v) is 9.14. The van der Waals surface area contributed by atoms with E-state index in [0.29, 0.717) is 36.3 Å². The molecule has 0 saturated heterocycles. The maximum Gasteiger partial charge on any atom is 0.332 e. The van der Waals surface area contributed by atoms with Gasteiger partial charge in [-0.3, -0.25) is 13.9 Å². The van der Waals surface area contributed by atoms with E-state index in [9.17, 15) is 18.4 Å². The Kier molecular flexibility index (Phi) is 5.18. The predicted molar refractivity (Wildman–Crippen MR) is 106 cm³/mol. The predicted octanol–water partition coefficient (Wildman–Crippen LogP) is 2.35. The van der Waals surface area contributed by atoms with E-state index in [2.05, 4.69) is 5.32 Å². The summed E-state index contributed by atoms with van der Waals surface area (Å²) in [6, 6.07) is -0.0567. The van der Waals surface area contributed by atoms with Crippen molar-refractivity contribution in [3.8, 4) is 0 Å². The Morgan fingerprint density at radius 2 is 2.04 bits per heavy atom. The first-order chi connectivity index (χ1) is 13.3. The summed E-state index contributed by atoms with van der Waals surface area (Å²) < 4.78 is 30.3. The molecule has 0 spiro atoms. The highest BCUT2D eigenvalue weighted by molar-refractivity contribution is 7.18. The first-order valence-electron chi connectivity index (χ1n) is 9.88. The molecule has 2 saturated carbocycles. The van der Waals surface area contributed by atoms with Gasteiger partial charge in [0, 0.05) is 49.9 Å². The van der Waals surface area contributed by atoms with Crippen molar-refractivity contribution in [2.24, 2.45) is 11.7 Å². The van der Waals surface area contributed by atoms with E-state index < -0.39 is 5.92 Å². The number of aromatic nitrogens is 2. The van der Waals surface area contributed by atoms with Crippen LogP contribution in [0.5, 0.6) is 0 Å². The van der Waals surface area contributed by atoms with Crippen molar-refractivity contribution >= 4 is 21.6 Å². The van der Waals surface area contributed by atoms with E-state index >= 15 is 0 Å². The van der Waals surface area contributed by atoms with Crippen LogP contribution in [0.3, 0.4) is 0 Å². The zero-order chi connectivity index (χ0) is 20.1. The average molecular weight is 413 g/mol. The molecule has 28 heavy (non-hydrogen) atoms. The highest BCUT2D eigenvalue weighted by Crippen LogP contribution is 2.40. The van der Waals surface area contributed by atoms with Gasteiger partial charge in [-0.15, -0.1) is 11.3 Å². The van der Waals surface area contributed by atoms with Gasteiger partial charge in [0.2, 0.25) is 5.92 Å². The maximum atomic E-state index is 13.7. The molecule has 9 heteroatoms. The Hall–Kier alpha value is -1.58. The molecule has 0 aliphatic heterocycles. The van der Waals surface area contributed by atoms with Gasteiger partial charge in [0.25, 0.3) is 5.56 Å². The monoisotopic (exact) mass is 412 g/mol. The third-order valence-corrected chi connectivity index (χ3v) is 7.12. The molecule has 2 heterocycles. The second-order valence-electron chi connectivity index (χ2n) is 8.06. The highest BCUT2D eigenvalue weighted by Gasteiger charge is 2.40. The summed E-state index contributed by atoms with van der Waals surface area (Å²) in [5, 5.41) is 3.79. The lowest BCUT2D eigenvalue weighted by Crippen LogP contribution is -2.40. The van der Waals surface area contributed by atoms with Gasteiger partial charge in [0.15, 0.2) is 0 Å². The SMILES string of the molecule is Cc1c(CNCCN)sc2c1c(=O)n(C1CC1)c(=O)n2CC1CCC(F)(F)C1. The summed E-state index contributed by atoms with van der Waals surface area (Å²) in [7, 11) is 0. The van der Waals surface area contributed by atoms with Crippen LogP contribution in [0.25, 0.3) is 10.2 Å². The third kappa shape index (κ3) is 3.55. The minimum absolute atomic E-state index is 0.0567. The van der Waals surface area contributed by atoms with Crippen LogP contribution in [0.1, 0.15) is 48.6 Å². The van der Waals surface area contributed by atoms with Gasteiger partial charge in [0.05, 0.1) is 5.39 Å². The molecule has 6 nitrogen and oxygen atoms in total. The Morgan fingerprint density at radius 1 is 1.29 bits per heavy atom. The molecular weight excluding hydrogens is 386 g/mol. The first-order valence-corrected chi connectivity index (χ1v) is 10.7. The highest BCUT2D eigenvalue weighted by atomic mass is 32.1. The summed E-state index contributed by atoms with van der Waals surface area (Å²) in [6.45, 7) is 3.88. The fraction of sp³-hybridized carbons (Fsp3) is 0.684. The number of nitrogens with zero attached hydrogens (tertiary/aromatic N) is 2. The quantitative estimate of drug-likeness (QED) is 0.684. The minimum atomic E-state index is -2.65. The molecular formula is C19H26F2N4O2S. The van der Waals surface area contributed by atoms with Gasteiger partial charge in [-0.05, 0) is 37.7 Å². The largest absolute Gasteiger partial charge is 0.332 e. The third-order valence-electron chi connectivity index (χ3n) is 5.81. The fourth-order valence-corrected chi connectivity index (χ4v) is 5.42. The Morgan fingerprint density at radius 3 is 2.64 bits per heavy atom. The second kappa shape index (κ2) is 7.35. The molecule has 0 amide bonds. The van der Waals surface area contributed by atoms with Gasteiger partial charge in [-0.2, -0.15) is 0 Å². The van der Waals surface area contributed by atoms with Gasteiger partial charge in [-0.1, -0.05) is 0 Å². The van der Waals surface area contributed by atoms with E-state index in [0.717, 1.165) is 23.3 Å². The van der Waals surface area contributed by atoms with Crippen molar-refractivity contribution in [1.29, 1.82) is 0 Å². The number of thiophene rings is 1. The van der Waals surface area contributed by atoms with E-state index in [1.54, 1.807) is 4.57 Å². The summed E-state index contributed by atoms with van der Waals surface area (Å²) in [5.74, 6) is -2.90. The zero-order valence-electron chi connectivity index (χ0n) is 16.0. The number of aryl methyl sites for hydroxylation is 1. The zero-order valence-corrected chi connectivity index (χ0v) is 16.8. The molecule has 2 aromatic rings. The Labute approximate surface area is 165 Å². The standard InChI is InChI=1S/C19H26F2N4O2S/c1-11-14(9-23-7-6-22)28-17-15(11)16(26)25(13-2-3-13)18(27)24(17)10-12-4-5-19(20,21)8-12/h12-13,23H,2-10,22H2,1H3. The van der Waals surface area contributed by atoms with Gasteiger partial charge >= 0.3 is 5.69 Å². The van der Waals surface area contributed by atoms with E-state index in [4.69, 9.17) is 5.73 Å². The van der Waals surface area contributed by atoms with Crippen LogP contribution < -0.4 is 22.3 Å². The number of fused-ring (bicyclic) bond motifs is 1. The summed E-state index contributed by atoms with van der Waals surface area (Å²) in [4.78, 5) is 27.8. The smallest absolute Gasteiger partial charge is 0.329 e. The fourth-order valence-electron chi connectivity index (χ4n) is 4.15. The van der Waals surface area contributed by atoms with E-state index in [-0.39, 0.29) is 42.6 Å². The number of nitrogens with two attached hydrogens (primary N) is 1. The van der Waals surface area contributed by atoms with Crippen LogP contribution in [0, 0.1) is 12.8 Å². The molecule has 2 fully saturated rings. The summed E-state index contributed by atoms with van der Waals surface area (Å²) in [6.07, 6.45) is 1.71. The lowest BCUT2D eigenvalue weighted by Gasteiger charge is -2.15. The number of hydrogen-bond acceptors (Lipinski definition) is 5. The van der Waals surface area contributed by atoms with Gasteiger partial charge in [0.1, 0.15) is 4.83 Å². The molecule has 0 bridgehead atoms. The molecule has 154 valence electrons. The Balaban J connectivity index is 1.81. The number of halogens is 2. The lowest BCUT2D eigenvalue weighted by atomic mass is 10.1.